The molecule has 3 aromatic heterocycles. The van der Waals surface area contributed by atoms with Crippen LogP contribution in [0.1, 0.15) is 38.3 Å². The molecule has 1 aliphatic rings. The van der Waals surface area contributed by atoms with Gasteiger partial charge in [0.05, 0.1) is 23.7 Å². The summed E-state index contributed by atoms with van der Waals surface area (Å²) >= 11 is 0. The summed E-state index contributed by atoms with van der Waals surface area (Å²) < 4.78 is 29.0. The predicted octanol–water partition coefficient (Wildman–Crippen LogP) is 1.27. The Labute approximate surface area is 200 Å². The van der Waals surface area contributed by atoms with E-state index in [-0.39, 0.29) is 23.4 Å². The summed E-state index contributed by atoms with van der Waals surface area (Å²) in [5.74, 6) is -0.220. The van der Waals surface area contributed by atoms with E-state index in [0.29, 0.717) is 39.7 Å². The number of sulfonamides is 1. The zero-order valence-corrected chi connectivity index (χ0v) is 19.8. The van der Waals surface area contributed by atoms with E-state index in [0.717, 1.165) is 19.3 Å². The Morgan fingerprint density at radius 2 is 2.11 bits per heavy atom. The van der Waals surface area contributed by atoms with Crippen LogP contribution in [0.2, 0.25) is 0 Å². The number of hydrogen-bond donors (Lipinski definition) is 4. The summed E-state index contributed by atoms with van der Waals surface area (Å²) in [6.07, 6.45) is 6.55. The molecule has 0 atom stereocenters. The molecule has 12 heteroatoms. The molecule has 0 bridgehead atoms. The van der Waals surface area contributed by atoms with Crippen LogP contribution in [0.25, 0.3) is 23.0 Å². The third kappa shape index (κ3) is 5.11. The molecule has 1 aromatic carbocycles. The van der Waals surface area contributed by atoms with Gasteiger partial charge < -0.3 is 10.1 Å². The van der Waals surface area contributed by atoms with E-state index in [9.17, 15) is 18.3 Å². The van der Waals surface area contributed by atoms with Gasteiger partial charge in [-0.15, -0.1) is 0 Å². The van der Waals surface area contributed by atoms with Gasteiger partial charge in [0.25, 0.3) is 0 Å². The lowest BCUT2D eigenvalue weighted by Crippen LogP contribution is -2.19. The number of imidazole rings is 1. The van der Waals surface area contributed by atoms with Crippen molar-refractivity contribution in [1.29, 1.82) is 0 Å². The normalized spacial score (nSPS) is 15.2. The van der Waals surface area contributed by atoms with Gasteiger partial charge in [-0.3, -0.25) is 14.7 Å². The third-order valence-electron chi connectivity index (χ3n) is 5.58. The fourth-order valence-electron chi connectivity index (χ4n) is 3.65. The van der Waals surface area contributed by atoms with Crippen LogP contribution >= 0.6 is 0 Å². The lowest BCUT2D eigenvalue weighted by molar-refractivity contribution is 0.454. The Morgan fingerprint density at radius 1 is 1.29 bits per heavy atom. The van der Waals surface area contributed by atoms with Gasteiger partial charge in [0.2, 0.25) is 15.9 Å². The quantitative estimate of drug-likeness (QED) is 0.288. The molecule has 0 saturated heterocycles. The van der Waals surface area contributed by atoms with Crippen LogP contribution in [0.3, 0.4) is 0 Å². The number of aromatic amines is 2. The van der Waals surface area contributed by atoms with E-state index >= 15 is 0 Å². The largest absolute Gasteiger partial charge is 0.493 e. The highest BCUT2D eigenvalue weighted by Crippen LogP contribution is 2.24. The first-order chi connectivity index (χ1) is 16.8. The van der Waals surface area contributed by atoms with Crippen LogP contribution < -0.4 is 21.1 Å². The Balaban J connectivity index is 1.62. The standard InChI is InChI=1S/C23H25N7O4S/c1-2-3-9-35(33,34)29-17-6-4-5-14(10-17)18-12-20(25-16-7-8-16)30-21(26-18)15(13-24-30)11-19-22(31)28-23(32)27-19/h4-6,10-13,16,29,31H,2-3,7-9H2,1H3,(H2,27,28,32). The maximum Gasteiger partial charge on any atom is 0.326 e. The van der Waals surface area contributed by atoms with Crippen molar-refractivity contribution in [1.82, 2.24) is 24.6 Å². The summed E-state index contributed by atoms with van der Waals surface area (Å²) in [5.41, 5.74) is 2.54. The molecular weight excluding hydrogens is 470 g/mol. The van der Waals surface area contributed by atoms with Crippen molar-refractivity contribution in [2.75, 3.05) is 10.5 Å². The summed E-state index contributed by atoms with van der Waals surface area (Å²) in [6.45, 7) is 1.94. The lowest BCUT2D eigenvalue weighted by atomic mass is 10.1. The topological polar surface area (TPSA) is 158 Å². The van der Waals surface area contributed by atoms with Crippen molar-refractivity contribution in [3.05, 3.63) is 63.4 Å². The maximum absolute atomic E-state index is 12.4. The van der Waals surface area contributed by atoms with Crippen LogP contribution in [0.5, 0.6) is 5.88 Å². The van der Waals surface area contributed by atoms with Gasteiger partial charge in [-0.1, -0.05) is 25.5 Å². The van der Waals surface area contributed by atoms with Gasteiger partial charge in [-0.05, 0) is 37.5 Å². The number of H-pyrrole nitrogens is 2. The molecular formula is C23H25N7O4S. The molecule has 4 N–H and O–H groups in total. The molecule has 0 spiro atoms. The molecule has 5 rings (SSSR count). The summed E-state index contributed by atoms with van der Waals surface area (Å²) in [4.78, 5) is 25.9. The van der Waals surface area contributed by atoms with E-state index in [1.165, 1.54) is 0 Å². The molecule has 1 saturated carbocycles. The minimum atomic E-state index is -3.44. The van der Waals surface area contributed by atoms with Gasteiger partial charge in [0.1, 0.15) is 5.69 Å². The van der Waals surface area contributed by atoms with Gasteiger partial charge in [-0.25, -0.2) is 18.2 Å². The number of aromatic hydroxyl groups is 1. The van der Waals surface area contributed by atoms with Crippen molar-refractivity contribution in [3.63, 3.8) is 0 Å². The second kappa shape index (κ2) is 9.02. The van der Waals surface area contributed by atoms with E-state index in [1.807, 2.05) is 19.1 Å². The van der Waals surface area contributed by atoms with E-state index in [1.54, 1.807) is 35.0 Å². The summed E-state index contributed by atoms with van der Waals surface area (Å²) in [7, 11) is -3.44. The zero-order valence-electron chi connectivity index (χ0n) is 19.0. The number of fused-ring (bicyclic) bond motifs is 1. The Bertz CT molecular complexity index is 1680. The maximum atomic E-state index is 12.4. The predicted molar refractivity (Wildman–Crippen MR) is 131 cm³/mol. The number of aromatic nitrogens is 5. The molecule has 1 aliphatic carbocycles. The molecule has 3 heterocycles. The third-order valence-corrected chi connectivity index (χ3v) is 6.95. The molecule has 35 heavy (non-hydrogen) atoms. The SMILES string of the molecule is CCCCS(=O)(=O)Nc1cccc(-c2cc(=NC3CC3)n3ncc(=Cc4[nH]c(=O)[nH]c4O)c3n2)c1. The van der Waals surface area contributed by atoms with Gasteiger partial charge in [-0.2, -0.15) is 9.61 Å². The average Bonchev–Trinajstić information content (AvgIpc) is 3.45. The van der Waals surface area contributed by atoms with Crippen molar-refractivity contribution in [3.8, 4) is 17.1 Å². The van der Waals surface area contributed by atoms with Gasteiger partial charge in [0, 0.05) is 22.5 Å². The van der Waals surface area contributed by atoms with Crippen molar-refractivity contribution < 1.29 is 13.5 Å². The minimum absolute atomic E-state index is 0.0610. The van der Waals surface area contributed by atoms with Crippen LogP contribution in [0, 0.1) is 0 Å². The smallest absolute Gasteiger partial charge is 0.326 e. The fraction of sp³-hybridized carbons (Fsp3) is 0.304. The van der Waals surface area contributed by atoms with Crippen LogP contribution in [0.15, 0.2) is 46.3 Å². The minimum Gasteiger partial charge on any atom is -0.493 e. The number of nitrogens with one attached hydrogen (secondary N) is 3. The number of anilines is 1. The first-order valence-corrected chi connectivity index (χ1v) is 13.0. The highest BCUT2D eigenvalue weighted by molar-refractivity contribution is 7.92. The summed E-state index contributed by atoms with van der Waals surface area (Å²) in [6, 6.07) is 9.10. The summed E-state index contributed by atoms with van der Waals surface area (Å²) in [5, 5.41) is 14.9. The van der Waals surface area contributed by atoms with Gasteiger partial charge >= 0.3 is 5.69 Å². The highest BCUT2D eigenvalue weighted by atomic mass is 32.2. The Kier molecular flexibility index (Phi) is 5.89. The second-order valence-electron chi connectivity index (χ2n) is 8.54. The molecule has 0 aliphatic heterocycles. The van der Waals surface area contributed by atoms with Gasteiger partial charge in [0.15, 0.2) is 11.1 Å². The molecule has 0 radical (unpaired) electrons. The monoisotopic (exact) mass is 495 g/mol. The number of benzene rings is 1. The molecule has 0 amide bonds. The number of unbranched alkanes of at least 4 members (excludes halogenated alkanes) is 1. The Morgan fingerprint density at radius 3 is 2.83 bits per heavy atom. The van der Waals surface area contributed by atoms with E-state index in [2.05, 4.69) is 19.8 Å². The van der Waals surface area contributed by atoms with Crippen molar-refractivity contribution >= 4 is 27.4 Å². The number of nitrogens with zero attached hydrogens (tertiary/aromatic N) is 4. The lowest BCUT2D eigenvalue weighted by Gasteiger charge is -2.09. The molecule has 11 nitrogen and oxygen atoms in total. The van der Waals surface area contributed by atoms with Crippen LogP contribution in [-0.4, -0.2) is 49.9 Å². The van der Waals surface area contributed by atoms with E-state index < -0.39 is 15.7 Å². The first-order valence-electron chi connectivity index (χ1n) is 11.4. The molecule has 4 aromatic rings. The first kappa shape index (κ1) is 22.8. The van der Waals surface area contributed by atoms with Crippen LogP contribution in [-0.2, 0) is 10.0 Å². The number of hydrogen-bond acceptors (Lipinski definition) is 7. The molecule has 182 valence electrons. The fourth-order valence-corrected chi connectivity index (χ4v) is 4.91. The average molecular weight is 496 g/mol. The van der Waals surface area contributed by atoms with E-state index in [4.69, 9.17) is 9.98 Å². The van der Waals surface area contributed by atoms with Crippen LogP contribution in [0.4, 0.5) is 5.69 Å². The van der Waals surface area contributed by atoms with Crippen molar-refractivity contribution in [2.24, 2.45) is 4.99 Å². The van der Waals surface area contributed by atoms with Crippen molar-refractivity contribution in [2.45, 2.75) is 38.6 Å². The highest BCUT2D eigenvalue weighted by Gasteiger charge is 2.20. The molecule has 0 unspecified atom stereocenters. The second-order valence-corrected chi connectivity index (χ2v) is 10.4. The molecule has 1 fully saturated rings. The Hall–Kier alpha value is -3.93. The number of rotatable bonds is 8. The zero-order chi connectivity index (χ0) is 24.6.